The van der Waals surface area contributed by atoms with Crippen molar-refractivity contribution in [1.82, 2.24) is 0 Å². The van der Waals surface area contributed by atoms with Gasteiger partial charge in [-0.15, -0.1) is 0 Å². The van der Waals surface area contributed by atoms with Crippen molar-refractivity contribution in [3.05, 3.63) is 29.3 Å². The first kappa shape index (κ1) is 15.1. The summed E-state index contributed by atoms with van der Waals surface area (Å²) in [6.07, 6.45) is 1.08. The van der Waals surface area contributed by atoms with E-state index in [-0.39, 0.29) is 11.6 Å². The molecule has 1 unspecified atom stereocenters. The van der Waals surface area contributed by atoms with Gasteiger partial charge < -0.3 is 14.8 Å². The second kappa shape index (κ2) is 5.62. The lowest BCUT2D eigenvalue weighted by atomic mass is 9.81. The Morgan fingerprint density at radius 1 is 1.40 bits per heavy atom. The molecule has 1 aromatic carbocycles. The Hall–Kier alpha value is -1.26. The van der Waals surface area contributed by atoms with E-state index in [1.165, 1.54) is 7.11 Å². The molecule has 1 heterocycles. The fourth-order valence-corrected chi connectivity index (χ4v) is 2.90. The van der Waals surface area contributed by atoms with Gasteiger partial charge >= 0.3 is 5.97 Å². The van der Waals surface area contributed by atoms with Gasteiger partial charge in [0.05, 0.1) is 30.0 Å². The van der Waals surface area contributed by atoms with E-state index in [4.69, 9.17) is 21.1 Å². The van der Waals surface area contributed by atoms with E-state index in [0.717, 1.165) is 5.69 Å². The maximum atomic E-state index is 12.3. The van der Waals surface area contributed by atoms with Gasteiger partial charge in [0, 0.05) is 12.8 Å². The van der Waals surface area contributed by atoms with Crippen molar-refractivity contribution in [2.45, 2.75) is 37.8 Å². The second-order valence-electron chi connectivity index (χ2n) is 5.71. The van der Waals surface area contributed by atoms with E-state index in [9.17, 15) is 4.79 Å². The first-order valence-electron chi connectivity index (χ1n) is 6.64. The summed E-state index contributed by atoms with van der Waals surface area (Å²) in [5.74, 6) is -0.284. The van der Waals surface area contributed by atoms with Crippen LogP contribution in [-0.2, 0) is 14.3 Å². The largest absolute Gasteiger partial charge is 0.467 e. The van der Waals surface area contributed by atoms with Crippen LogP contribution in [0.15, 0.2) is 24.3 Å². The summed E-state index contributed by atoms with van der Waals surface area (Å²) in [5, 5.41) is 3.87. The van der Waals surface area contributed by atoms with Crippen molar-refractivity contribution in [3.8, 4) is 0 Å². The fourth-order valence-electron chi connectivity index (χ4n) is 2.72. The van der Waals surface area contributed by atoms with Crippen molar-refractivity contribution in [3.63, 3.8) is 0 Å². The predicted octanol–water partition coefficient (Wildman–Crippen LogP) is 3.25. The van der Waals surface area contributed by atoms with E-state index in [1.807, 2.05) is 32.0 Å². The fraction of sp³-hybridized carbons (Fsp3) is 0.533. The van der Waals surface area contributed by atoms with Crippen LogP contribution in [0.3, 0.4) is 0 Å². The van der Waals surface area contributed by atoms with E-state index in [1.54, 1.807) is 6.07 Å². The number of para-hydroxylation sites is 1. The number of esters is 1. The van der Waals surface area contributed by atoms with Gasteiger partial charge in [0.15, 0.2) is 0 Å². The number of methoxy groups -OCH3 is 1. The topological polar surface area (TPSA) is 47.6 Å². The molecule has 110 valence electrons. The number of nitrogens with one attached hydrogen (secondary N) is 1. The zero-order chi connectivity index (χ0) is 14.8. The number of hydrogen-bond acceptors (Lipinski definition) is 4. The monoisotopic (exact) mass is 297 g/mol. The third-order valence-electron chi connectivity index (χ3n) is 3.57. The SMILES string of the molecule is COC(=O)C1(Nc2ccccc2Cl)CCOC(C)(C)C1. The molecule has 0 aliphatic carbocycles. The number of halogens is 1. The number of anilines is 1. The van der Waals surface area contributed by atoms with E-state index in [0.29, 0.717) is 24.5 Å². The normalized spacial score (nSPS) is 25.0. The molecule has 1 aliphatic heterocycles. The first-order chi connectivity index (χ1) is 9.38. The molecule has 1 saturated heterocycles. The van der Waals surface area contributed by atoms with Crippen molar-refractivity contribution < 1.29 is 14.3 Å². The zero-order valence-electron chi connectivity index (χ0n) is 12.0. The number of carbonyl (C=O) groups excluding carboxylic acids is 1. The van der Waals surface area contributed by atoms with E-state index < -0.39 is 5.54 Å². The van der Waals surface area contributed by atoms with Crippen molar-refractivity contribution in [2.24, 2.45) is 0 Å². The minimum Gasteiger partial charge on any atom is -0.467 e. The molecular formula is C15H20ClNO3. The van der Waals surface area contributed by atoms with Crippen molar-refractivity contribution in [2.75, 3.05) is 19.0 Å². The molecule has 20 heavy (non-hydrogen) atoms. The van der Waals surface area contributed by atoms with Crippen LogP contribution in [0.4, 0.5) is 5.69 Å². The molecule has 0 spiro atoms. The highest BCUT2D eigenvalue weighted by atomic mass is 35.5. The Balaban J connectivity index is 2.33. The maximum absolute atomic E-state index is 12.3. The third kappa shape index (κ3) is 3.07. The average molecular weight is 298 g/mol. The lowest BCUT2D eigenvalue weighted by Crippen LogP contribution is -2.56. The quantitative estimate of drug-likeness (QED) is 0.870. The molecule has 0 saturated carbocycles. The number of hydrogen-bond donors (Lipinski definition) is 1. The predicted molar refractivity (Wildman–Crippen MR) is 79.1 cm³/mol. The van der Waals surface area contributed by atoms with Gasteiger partial charge in [0.25, 0.3) is 0 Å². The van der Waals surface area contributed by atoms with Gasteiger partial charge in [-0.25, -0.2) is 4.79 Å². The summed E-state index contributed by atoms with van der Waals surface area (Å²) in [7, 11) is 1.40. The van der Waals surface area contributed by atoms with Gasteiger partial charge in [0.1, 0.15) is 5.54 Å². The molecule has 1 atom stereocenters. The number of benzene rings is 1. The van der Waals surface area contributed by atoms with Crippen LogP contribution in [0.25, 0.3) is 0 Å². The minimum absolute atomic E-state index is 0.284. The molecule has 0 aromatic heterocycles. The molecular weight excluding hydrogens is 278 g/mol. The maximum Gasteiger partial charge on any atom is 0.331 e. The highest BCUT2D eigenvalue weighted by molar-refractivity contribution is 6.33. The number of rotatable bonds is 3. The Morgan fingerprint density at radius 2 is 2.10 bits per heavy atom. The highest BCUT2D eigenvalue weighted by Crippen LogP contribution is 2.37. The molecule has 5 heteroatoms. The van der Waals surface area contributed by atoms with Crippen LogP contribution in [0, 0.1) is 0 Å². The molecule has 4 nitrogen and oxygen atoms in total. The molecule has 1 aliphatic rings. The van der Waals surface area contributed by atoms with Crippen LogP contribution >= 0.6 is 11.6 Å². The van der Waals surface area contributed by atoms with Gasteiger partial charge in [-0.1, -0.05) is 23.7 Å². The highest BCUT2D eigenvalue weighted by Gasteiger charge is 2.47. The molecule has 0 bridgehead atoms. The summed E-state index contributed by atoms with van der Waals surface area (Å²) in [4.78, 5) is 12.3. The van der Waals surface area contributed by atoms with Gasteiger partial charge in [0.2, 0.25) is 0 Å². The lowest BCUT2D eigenvalue weighted by Gasteiger charge is -2.43. The number of carbonyl (C=O) groups is 1. The summed E-state index contributed by atoms with van der Waals surface area (Å²) < 4.78 is 10.7. The third-order valence-corrected chi connectivity index (χ3v) is 3.90. The standard InChI is InChI=1S/C15H20ClNO3/c1-14(2)10-15(8-9-20-14,13(18)19-3)17-12-7-5-4-6-11(12)16/h4-7,17H,8-10H2,1-3H3. The lowest BCUT2D eigenvalue weighted by molar-refractivity contribution is -0.156. The zero-order valence-corrected chi connectivity index (χ0v) is 12.8. The first-order valence-corrected chi connectivity index (χ1v) is 7.01. The summed E-state index contributed by atoms with van der Waals surface area (Å²) >= 11 is 6.18. The van der Waals surface area contributed by atoms with Crippen molar-refractivity contribution >= 4 is 23.3 Å². The Morgan fingerprint density at radius 3 is 2.70 bits per heavy atom. The van der Waals surface area contributed by atoms with Crippen LogP contribution in [0.2, 0.25) is 5.02 Å². The van der Waals surface area contributed by atoms with Crippen LogP contribution in [0.1, 0.15) is 26.7 Å². The summed E-state index contributed by atoms with van der Waals surface area (Å²) in [6.45, 7) is 4.44. The Labute approximate surface area is 124 Å². The number of ether oxygens (including phenoxy) is 2. The molecule has 1 aromatic rings. The summed E-state index contributed by atoms with van der Waals surface area (Å²) in [5.41, 5.74) is -0.459. The second-order valence-corrected chi connectivity index (χ2v) is 6.12. The molecule has 0 amide bonds. The van der Waals surface area contributed by atoms with Crippen molar-refractivity contribution in [1.29, 1.82) is 0 Å². The van der Waals surface area contributed by atoms with E-state index >= 15 is 0 Å². The minimum atomic E-state index is -0.804. The van der Waals surface area contributed by atoms with Crippen LogP contribution in [-0.4, -0.2) is 30.8 Å². The summed E-state index contributed by atoms with van der Waals surface area (Å²) in [6, 6.07) is 7.38. The Kier molecular flexibility index (Phi) is 4.25. The molecule has 1 N–H and O–H groups in total. The Bertz CT molecular complexity index is 504. The van der Waals surface area contributed by atoms with Crippen LogP contribution in [0.5, 0.6) is 0 Å². The van der Waals surface area contributed by atoms with Gasteiger partial charge in [-0.3, -0.25) is 0 Å². The van der Waals surface area contributed by atoms with Crippen LogP contribution < -0.4 is 5.32 Å². The van der Waals surface area contributed by atoms with E-state index in [2.05, 4.69) is 5.32 Å². The average Bonchev–Trinajstić information content (AvgIpc) is 2.39. The van der Waals surface area contributed by atoms with Gasteiger partial charge in [-0.05, 0) is 26.0 Å². The molecule has 0 radical (unpaired) electrons. The van der Waals surface area contributed by atoms with Gasteiger partial charge in [-0.2, -0.15) is 0 Å². The molecule has 2 rings (SSSR count). The molecule has 1 fully saturated rings. The smallest absolute Gasteiger partial charge is 0.331 e.